The molecule has 1 aromatic heterocycles. The van der Waals surface area contributed by atoms with Crippen molar-refractivity contribution < 1.29 is 9.84 Å². The van der Waals surface area contributed by atoms with Crippen molar-refractivity contribution in [3.8, 4) is 6.01 Å². The van der Waals surface area contributed by atoms with Crippen LogP contribution in [0.2, 0.25) is 0 Å². The highest BCUT2D eigenvalue weighted by Crippen LogP contribution is 2.25. The van der Waals surface area contributed by atoms with Gasteiger partial charge in [0, 0.05) is 26.2 Å². The van der Waals surface area contributed by atoms with Crippen LogP contribution in [0.4, 0.5) is 11.9 Å². The molecule has 1 aliphatic rings. The number of piperidine rings is 1. The van der Waals surface area contributed by atoms with Crippen molar-refractivity contribution in [2.45, 2.75) is 45.1 Å². The van der Waals surface area contributed by atoms with E-state index in [9.17, 15) is 5.11 Å². The predicted molar refractivity (Wildman–Crippen MR) is 81.8 cm³/mol. The lowest BCUT2D eigenvalue weighted by Crippen LogP contribution is -2.41. The van der Waals surface area contributed by atoms with E-state index in [0.717, 1.165) is 32.2 Å². The number of ether oxygens (including phenoxy) is 1. The summed E-state index contributed by atoms with van der Waals surface area (Å²) in [4.78, 5) is 15.3. The maximum atomic E-state index is 9.24. The Labute approximate surface area is 125 Å². The Hall–Kier alpha value is -1.63. The van der Waals surface area contributed by atoms with Crippen LogP contribution in [0.3, 0.4) is 0 Å². The third-order valence-electron chi connectivity index (χ3n) is 3.61. The molecule has 1 saturated heterocycles. The summed E-state index contributed by atoms with van der Waals surface area (Å²) in [5, 5.41) is 12.2. The Balaban J connectivity index is 2.22. The molecule has 0 spiro atoms. The number of hydrogen-bond acceptors (Lipinski definition) is 7. The van der Waals surface area contributed by atoms with Gasteiger partial charge in [0.2, 0.25) is 11.9 Å². The lowest BCUT2D eigenvalue weighted by Gasteiger charge is -2.35. The Bertz CT molecular complexity index is 441. The fourth-order valence-electron chi connectivity index (χ4n) is 2.56. The zero-order valence-corrected chi connectivity index (χ0v) is 12.9. The third kappa shape index (κ3) is 4.17. The van der Waals surface area contributed by atoms with E-state index in [4.69, 9.17) is 4.74 Å². The van der Waals surface area contributed by atoms with Crippen molar-refractivity contribution in [1.29, 1.82) is 0 Å². The molecule has 1 aliphatic heterocycles. The van der Waals surface area contributed by atoms with Gasteiger partial charge in [-0.3, -0.25) is 0 Å². The number of anilines is 2. The van der Waals surface area contributed by atoms with Crippen LogP contribution in [-0.2, 0) is 0 Å². The van der Waals surface area contributed by atoms with E-state index in [1.165, 1.54) is 6.42 Å². The van der Waals surface area contributed by atoms with Crippen molar-refractivity contribution in [3.05, 3.63) is 0 Å². The Kier molecular flexibility index (Phi) is 5.98. The molecule has 21 heavy (non-hydrogen) atoms. The summed E-state index contributed by atoms with van der Waals surface area (Å²) in [6.07, 6.45) is 5.02. The molecule has 0 aliphatic carbocycles. The second-order valence-electron chi connectivity index (χ2n) is 5.20. The molecule has 0 amide bonds. The number of aliphatic hydroxyl groups excluding tert-OH is 1. The van der Waals surface area contributed by atoms with Crippen LogP contribution in [0.5, 0.6) is 6.01 Å². The van der Waals surface area contributed by atoms with Crippen molar-refractivity contribution in [3.63, 3.8) is 0 Å². The highest BCUT2D eigenvalue weighted by Gasteiger charge is 2.25. The van der Waals surface area contributed by atoms with E-state index >= 15 is 0 Å². The first kappa shape index (κ1) is 15.8. The summed E-state index contributed by atoms with van der Waals surface area (Å²) in [5.74, 6) is 1.15. The van der Waals surface area contributed by atoms with Crippen LogP contribution in [0, 0.1) is 0 Å². The molecule has 2 heterocycles. The van der Waals surface area contributed by atoms with Crippen LogP contribution >= 0.6 is 0 Å². The number of nitrogens with zero attached hydrogens (tertiary/aromatic N) is 4. The van der Waals surface area contributed by atoms with E-state index in [1.807, 2.05) is 6.92 Å². The lowest BCUT2D eigenvalue weighted by atomic mass is 10.0. The zero-order valence-electron chi connectivity index (χ0n) is 12.9. The van der Waals surface area contributed by atoms with Crippen LogP contribution in [-0.4, -0.2) is 52.9 Å². The van der Waals surface area contributed by atoms with Gasteiger partial charge in [-0.1, -0.05) is 6.92 Å². The summed E-state index contributed by atoms with van der Waals surface area (Å²) in [6, 6.07) is 0.648. The first-order chi connectivity index (χ1) is 10.3. The molecular formula is C14H25N5O2. The molecule has 118 valence electrons. The molecule has 0 bridgehead atoms. The van der Waals surface area contributed by atoms with E-state index in [-0.39, 0.29) is 12.6 Å². The minimum atomic E-state index is 0.185. The number of aromatic nitrogens is 3. The molecule has 0 aromatic carbocycles. The summed E-state index contributed by atoms with van der Waals surface area (Å²) in [6.45, 7) is 3.73. The standard InChI is InChI=1S/C14H25N5O2/c1-3-10-21-14-17-12(15-2)16-13(18-14)19-8-5-4-6-11(19)7-9-20/h11,20H,3-10H2,1-2H3,(H,15,16,17,18). The first-order valence-electron chi connectivity index (χ1n) is 7.72. The second kappa shape index (κ2) is 7.97. The molecule has 1 atom stereocenters. The van der Waals surface area contributed by atoms with E-state index in [0.29, 0.717) is 24.5 Å². The predicted octanol–water partition coefficient (Wildman–Crippen LogP) is 1.44. The SMILES string of the molecule is CCCOc1nc(NC)nc(N2CCCCC2CCO)n1. The average Bonchev–Trinajstić information content (AvgIpc) is 2.53. The molecule has 2 rings (SSSR count). The summed E-state index contributed by atoms with van der Waals surface area (Å²) in [7, 11) is 1.78. The molecule has 7 nitrogen and oxygen atoms in total. The van der Waals surface area contributed by atoms with Crippen LogP contribution < -0.4 is 15.0 Å². The molecule has 0 saturated carbocycles. The molecule has 7 heteroatoms. The Morgan fingerprint density at radius 3 is 2.90 bits per heavy atom. The average molecular weight is 295 g/mol. The van der Waals surface area contributed by atoms with E-state index in [2.05, 4.69) is 25.2 Å². The minimum Gasteiger partial charge on any atom is -0.463 e. The van der Waals surface area contributed by atoms with Crippen molar-refractivity contribution in [1.82, 2.24) is 15.0 Å². The van der Waals surface area contributed by atoms with Gasteiger partial charge in [-0.15, -0.1) is 0 Å². The van der Waals surface area contributed by atoms with Crippen molar-refractivity contribution in [2.24, 2.45) is 0 Å². The normalized spacial score (nSPS) is 18.6. The zero-order chi connectivity index (χ0) is 15.1. The Morgan fingerprint density at radius 1 is 1.33 bits per heavy atom. The number of hydrogen-bond donors (Lipinski definition) is 2. The van der Waals surface area contributed by atoms with Gasteiger partial charge in [-0.25, -0.2) is 0 Å². The molecule has 1 aromatic rings. The van der Waals surface area contributed by atoms with Gasteiger partial charge < -0.3 is 20.1 Å². The Morgan fingerprint density at radius 2 is 2.19 bits per heavy atom. The fourth-order valence-corrected chi connectivity index (χ4v) is 2.56. The fraction of sp³-hybridized carbons (Fsp3) is 0.786. The highest BCUT2D eigenvalue weighted by atomic mass is 16.5. The summed E-state index contributed by atoms with van der Waals surface area (Å²) in [5.41, 5.74) is 0. The van der Waals surface area contributed by atoms with Crippen molar-refractivity contribution in [2.75, 3.05) is 37.0 Å². The smallest absolute Gasteiger partial charge is 0.323 e. The second-order valence-corrected chi connectivity index (χ2v) is 5.20. The quantitative estimate of drug-likeness (QED) is 0.787. The molecule has 2 N–H and O–H groups in total. The molecule has 1 unspecified atom stereocenters. The van der Waals surface area contributed by atoms with Crippen LogP contribution in [0.25, 0.3) is 0 Å². The largest absolute Gasteiger partial charge is 0.463 e. The molecule has 0 radical (unpaired) electrons. The van der Waals surface area contributed by atoms with E-state index < -0.39 is 0 Å². The number of aliphatic hydroxyl groups is 1. The lowest BCUT2D eigenvalue weighted by molar-refractivity contribution is 0.261. The van der Waals surface area contributed by atoms with Gasteiger partial charge >= 0.3 is 6.01 Å². The summed E-state index contributed by atoms with van der Waals surface area (Å²) >= 11 is 0. The van der Waals surface area contributed by atoms with Crippen LogP contribution in [0.1, 0.15) is 39.0 Å². The maximum absolute atomic E-state index is 9.24. The van der Waals surface area contributed by atoms with Gasteiger partial charge in [0.1, 0.15) is 0 Å². The van der Waals surface area contributed by atoms with Gasteiger partial charge in [0.05, 0.1) is 6.61 Å². The minimum absolute atomic E-state index is 0.185. The number of rotatable bonds is 7. The summed E-state index contributed by atoms with van der Waals surface area (Å²) < 4.78 is 5.55. The maximum Gasteiger partial charge on any atom is 0.323 e. The van der Waals surface area contributed by atoms with Crippen molar-refractivity contribution >= 4 is 11.9 Å². The molecule has 1 fully saturated rings. The van der Waals surface area contributed by atoms with E-state index in [1.54, 1.807) is 7.05 Å². The number of nitrogens with one attached hydrogen (secondary N) is 1. The van der Waals surface area contributed by atoms with Crippen LogP contribution in [0.15, 0.2) is 0 Å². The van der Waals surface area contributed by atoms with Gasteiger partial charge in [-0.05, 0) is 32.1 Å². The van der Waals surface area contributed by atoms with Gasteiger partial charge in [0.15, 0.2) is 0 Å². The third-order valence-corrected chi connectivity index (χ3v) is 3.61. The first-order valence-corrected chi connectivity index (χ1v) is 7.72. The molecular weight excluding hydrogens is 270 g/mol. The van der Waals surface area contributed by atoms with Gasteiger partial charge in [-0.2, -0.15) is 15.0 Å². The highest BCUT2D eigenvalue weighted by molar-refractivity contribution is 5.39. The van der Waals surface area contributed by atoms with Gasteiger partial charge in [0.25, 0.3) is 0 Å². The topological polar surface area (TPSA) is 83.4 Å². The monoisotopic (exact) mass is 295 g/mol.